The van der Waals surface area contributed by atoms with Crippen molar-refractivity contribution >= 4 is 29.3 Å². The third-order valence-electron chi connectivity index (χ3n) is 4.15. The van der Waals surface area contributed by atoms with Gasteiger partial charge in [0.15, 0.2) is 0 Å². The average Bonchev–Trinajstić information content (AvgIpc) is 2.75. The molecular formula is C16H19ClN2O3. The van der Waals surface area contributed by atoms with Crippen LogP contribution in [0.2, 0.25) is 5.02 Å². The minimum absolute atomic E-state index is 0.0351. The highest BCUT2D eigenvalue weighted by atomic mass is 35.5. The number of esters is 1. The molecule has 0 saturated heterocycles. The van der Waals surface area contributed by atoms with E-state index in [1.165, 1.54) is 7.11 Å². The molecule has 22 heavy (non-hydrogen) atoms. The largest absolute Gasteiger partial charge is 0.465 e. The van der Waals surface area contributed by atoms with E-state index in [-0.39, 0.29) is 22.4 Å². The molecule has 0 radical (unpaired) electrons. The van der Waals surface area contributed by atoms with E-state index < -0.39 is 11.5 Å². The van der Waals surface area contributed by atoms with E-state index in [4.69, 9.17) is 16.3 Å². The molecule has 1 heterocycles. The minimum atomic E-state index is -0.841. The van der Waals surface area contributed by atoms with Gasteiger partial charge in [-0.15, -0.1) is 0 Å². The monoisotopic (exact) mass is 322 g/mol. The van der Waals surface area contributed by atoms with Crippen molar-refractivity contribution in [2.24, 2.45) is 10.9 Å². The second kappa shape index (κ2) is 5.72. The summed E-state index contributed by atoms with van der Waals surface area (Å²) in [7, 11) is 1.29. The topological polar surface area (TPSA) is 67.8 Å². The highest BCUT2D eigenvalue weighted by Crippen LogP contribution is 2.31. The molecule has 6 heteroatoms. The van der Waals surface area contributed by atoms with Crippen LogP contribution < -0.4 is 5.32 Å². The molecule has 0 spiro atoms. The molecule has 1 aliphatic heterocycles. The van der Waals surface area contributed by atoms with Crippen molar-refractivity contribution in [2.45, 2.75) is 33.2 Å². The van der Waals surface area contributed by atoms with Gasteiger partial charge in [0.1, 0.15) is 11.4 Å². The molecule has 0 saturated carbocycles. The van der Waals surface area contributed by atoms with Crippen molar-refractivity contribution in [1.29, 1.82) is 0 Å². The summed E-state index contributed by atoms with van der Waals surface area (Å²) in [6, 6.07) is 3.36. The molecule has 5 nitrogen and oxygen atoms in total. The van der Waals surface area contributed by atoms with Gasteiger partial charge in [-0.25, -0.2) is 4.79 Å². The van der Waals surface area contributed by atoms with Crippen molar-refractivity contribution in [2.75, 3.05) is 7.11 Å². The summed E-state index contributed by atoms with van der Waals surface area (Å²) < 4.78 is 4.72. The fourth-order valence-electron chi connectivity index (χ4n) is 2.29. The van der Waals surface area contributed by atoms with E-state index in [0.29, 0.717) is 11.4 Å². The van der Waals surface area contributed by atoms with Gasteiger partial charge in [-0.2, -0.15) is 0 Å². The van der Waals surface area contributed by atoms with Crippen LogP contribution in [-0.4, -0.2) is 30.4 Å². The van der Waals surface area contributed by atoms with Crippen molar-refractivity contribution in [3.8, 4) is 0 Å². The van der Waals surface area contributed by atoms with Gasteiger partial charge in [0.25, 0.3) is 5.91 Å². The number of aryl methyl sites for hydroxylation is 1. The van der Waals surface area contributed by atoms with Crippen LogP contribution in [0.1, 0.15) is 42.3 Å². The number of nitrogens with one attached hydrogen (secondary N) is 1. The standard InChI is InChI=1S/C16H19ClN2O3/c1-8(2)16(4)15(21)18-13(19-16)11-9(3)6-7-10(12(11)17)14(20)22-5/h6-8H,1-5H3,(H,18,19,21). The predicted octanol–water partition coefficient (Wildman–Crippen LogP) is 2.73. The Balaban J connectivity index is 2.59. The molecule has 2 rings (SSSR count). The number of benzene rings is 1. The molecule has 0 aliphatic carbocycles. The van der Waals surface area contributed by atoms with Crippen LogP contribution in [0.5, 0.6) is 0 Å². The van der Waals surface area contributed by atoms with Gasteiger partial charge in [0, 0.05) is 5.56 Å². The SMILES string of the molecule is COC(=O)c1ccc(C)c(C2=NC(C)(C(C)C)C(=O)N2)c1Cl. The van der Waals surface area contributed by atoms with E-state index in [9.17, 15) is 9.59 Å². The van der Waals surface area contributed by atoms with E-state index in [1.54, 1.807) is 19.1 Å². The molecule has 1 aromatic carbocycles. The van der Waals surface area contributed by atoms with Gasteiger partial charge in [0.2, 0.25) is 0 Å². The molecule has 1 atom stereocenters. The number of halogens is 1. The first-order valence-electron chi connectivity index (χ1n) is 7.01. The molecule has 118 valence electrons. The van der Waals surface area contributed by atoms with E-state index >= 15 is 0 Å². The van der Waals surface area contributed by atoms with Crippen molar-refractivity contribution in [3.63, 3.8) is 0 Å². The Morgan fingerprint density at radius 1 is 1.41 bits per heavy atom. The number of amidine groups is 1. The van der Waals surface area contributed by atoms with Gasteiger partial charge < -0.3 is 10.1 Å². The summed E-state index contributed by atoms with van der Waals surface area (Å²) in [5.74, 6) is -0.262. The zero-order chi connectivity index (χ0) is 16.7. The second-order valence-corrected chi connectivity index (χ2v) is 6.21. The predicted molar refractivity (Wildman–Crippen MR) is 85.5 cm³/mol. The maximum Gasteiger partial charge on any atom is 0.339 e. The Hall–Kier alpha value is -1.88. The normalized spacial score (nSPS) is 20.9. The average molecular weight is 323 g/mol. The lowest BCUT2D eigenvalue weighted by Gasteiger charge is -2.21. The van der Waals surface area contributed by atoms with E-state index in [0.717, 1.165) is 5.56 Å². The molecular weight excluding hydrogens is 304 g/mol. The van der Waals surface area contributed by atoms with Crippen molar-refractivity contribution in [3.05, 3.63) is 33.8 Å². The Bertz CT molecular complexity index is 682. The lowest BCUT2D eigenvalue weighted by Crippen LogP contribution is -2.41. The maximum atomic E-state index is 12.3. The molecule has 0 bridgehead atoms. The third kappa shape index (κ3) is 2.50. The summed E-state index contributed by atoms with van der Waals surface area (Å²) in [5, 5.41) is 3.02. The van der Waals surface area contributed by atoms with Crippen LogP contribution in [0, 0.1) is 12.8 Å². The minimum Gasteiger partial charge on any atom is -0.465 e. The molecule has 1 aromatic rings. The van der Waals surface area contributed by atoms with Crippen LogP contribution >= 0.6 is 11.6 Å². The number of hydrogen-bond donors (Lipinski definition) is 1. The fourth-order valence-corrected chi connectivity index (χ4v) is 2.66. The van der Waals surface area contributed by atoms with Crippen LogP contribution in [0.4, 0.5) is 0 Å². The lowest BCUT2D eigenvalue weighted by atomic mass is 9.89. The molecule has 1 N–H and O–H groups in total. The summed E-state index contributed by atoms with van der Waals surface area (Å²) >= 11 is 6.36. The number of ether oxygens (including phenoxy) is 1. The highest BCUT2D eigenvalue weighted by Gasteiger charge is 2.42. The van der Waals surface area contributed by atoms with Gasteiger partial charge in [0.05, 0.1) is 17.7 Å². The maximum absolute atomic E-state index is 12.3. The van der Waals surface area contributed by atoms with E-state index in [1.807, 2.05) is 20.8 Å². The van der Waals surface area contributed by atoms with Gasteiger partial charge in [-0.05, 0) is 31.4 Å². The van der Waals surface area contributed by atoms with Crippen LogP contribution in [0.3, 0.4) is 0 Å². The Morgan fingerprint density at radius 2 is 2.05 bits per heavy atom. The number of amides is 1. The first-order valence-corrected chi connectivity index (χ1v) is 7.39. The Kier molecular flexibility index (Phi) is 4.29. The number of carbonyl (C=O) groups is 2. The quantitative estimate of drug-likeness (QED) is 0.870. The number of hydrogen-bond acceptors (Lipinski definition) is 4. The summed E-state index contributed by atoms with van der Waals surface area (Å²) in [6.07, 6.45) is 0. The number of rotatable bonds is 3. The van der Waals surface area contributed by atoms with Gasteiger partial charge in [-0.1, -0.05) is 31.5 Å². The molecule has 1 amide bonds. The number of aliphatic imine (C=N–C) groups is 1. The van der Waals surface area contributed by atoms with Crippen LogP contribution in [0.25, 0.3) is 0 Å². The smallest absolute Gasteiger partial charge is 0.339 e. The Morgan fingerprint density at radius 3 is 2.55 bits per heavy atom. The lowest BCUT2D eigenvalue weighted by molar-refractivity contribution is -0.124. The number of methoxy groups -OCH3 is 1. The first kappa shape index (κ1) is 16.5. The number of nitrogens with zero attached hydrogens (tertiary/aromatic N) is 1. The highest BCUT2D eigenvalue weighted by molar-refractivity contribution is 6.38. The molecule has 1 aliphatic rings. The summed E-state index contributed by atoms with van der Waals surface area (Å²) in [4.78, 5) is 28.6. The first-order chi connectivity index (χ1) is 10.2. The fraction of sp³-hybridized carbons (Fsp3) is 0.438. The van der Waals surface area contributed by atoms with Crippen LogP contribution in [-0.2, 0) is 9.53 Å². The van der Waals surface area contributed by atoms with Gasteiger partial charge in [-0.3, -0.25) is 9.79 Å². The third-order valence-corrected chi connectivity index (χ3v) is 4.54. The van der Waals surface area contributed by atoms with E-state index in [2.05, 4.69) is 10.3 Å². The molecule has 0 fully saturated rings. The van der Waals surface area contributed by atoms with Crippen molar-refractivity contribution < 1.29 is 14.3 Å². The molecule has 1 unspecified atom stereocenters. The van der Waals surface area contributed by atoms with Crippen molar-refractivity contribution in [1.82, 2.24) is 5.32 Å². The Labute approximate surface area is 134 Å². The van der Waals surface area contributed by atoms with Crippen LogP contribution in [0.15, 0.2) is 17.1 Å². The zero-order valence-corrected chi connectivity index (χ0v) is 14.0. The second-order valence-electron chi connectivity index (χ2n) is 5.83. The summed E-state index contributed by atoms with van der Waals surface area (Å²) in [5.41, 5.74) is 0.790. The van der Waals surface area contributed by atoms with Gasteiger partial charge >= 0.3 is 5.97 Å². The zero-order valence-electron chi connectivity index (χ0n) is 13.3. The molecule has 0 aromatic heterocycles. The summed E-state index contributed by atoms with van der Waals surface area (Å²) in [6.45, 7) is 7.51. The number of carbonyl (C=O) groups excluding carboxylic acids is 2.